The first kappa shape index (κ1) is 19.0. The van der Waals surface area contributed by atoms with Crippen molar-refractivity contribution in [3.8, 4) is 5.75 Å². The molecule has 1 N–H and O–H groups in total. The van der Waals surface area contributed by atoms with Gasteiger partial charge in [0.2, 0.25) is 5.91 Å². The molecule has 7 nitrogen and oxygen atoms in total. The Kier molecular flexibility index (Phi) is 5.20. The van der Waals surface area contributed by atoms with Crippen molar-refractivity contribution in [1.82, 2.24) is 9.80 Å². The zero-order valence-electron chi connectivity index (χ0n) is 16.3. The molecule has 0 spiro atoms. The molecule has 1 atom stereocenters. The minimum absolute atomic E-state index is 0.141. The number of amides is 4. The average Bonchev–Trinajstić information content (AvgIpc) is 3.29. The van der Waals surface area contributed by atoms with Gasteiger partial charge in [-0.1, -0.05) is 36.4 Å². The smallest absolute Gasteiger partial charge is 0.327 e. The third kappa shape index (κ3) is 3.81. The van der Waals surface area contributed by atoms with Gasteiger partial charge in [-0.15, -0.1) is 0 Å². The molecule has 2 aliphatic rings. The number of rotatable bonds is 6. The number of methoxy groups -OCH3 is 1. The fourth-order valence-corrected chi connectivity index (χ4v) is 3.94. The Morgan fingerprint density at radius 3 is 2.66 bits per heavy atom. The summed E-state index contributed by atoms with van der Waals surface area (Å²) in [4.78, 5) is 40.5. The number of imide groups is 1. The molecule has 7 heteroatoms. The highest BCUT2D eigenvalue weighted by Gasteiger charge is 2.47. The molecular weight excluding hydrogens is 370 g/mol. The van der Waals surface area contributed by atoms with Gasteiger partial charge in [-0.25, -0.2) is 4.79 Å². The number of nitrogens with one attached hydrogen (secondary N) is 1. The lowest BCUT2D eigenvalue weighted by molar-refractivity contribution is -0.128. The Balaban J connectivity index is 1.49. The molecule has 0 saturated carbocycles. The summed E-state index contributed by atoms with van der Waals surface area (Å²) in [6.07, 6.45) is 1.84. The topological polar surface area (TPSA) is 79.0 Å². The molecule has 2 saturated heterocycles. The minimum Gasteiger partial charge on any atom is -0.495 e. The van der Waals surface area contributed by atoms with E-state index in [0.29, 0.717) is 18.0 Å². The predicted molar refractivity (Wildman–Crippen MR) is 107 cm³/mol. The minimum atomic E-state index is -0.314. The molecule has 150 valence electrons. The second-order valence-electron chi connectivity index (χ2n) is 7.30. The molecule has 1 unspecified atom stereocenters. The highest BCUT2D eigenvalue weighted by atomic mass is 16.5. The molecule has 0 aromatic heterocycles. The van der Waals surface area contributed by atoms with Crippen molar-refractivity contribution in [2.75, 3.05) is 19.0 Å². The Morgan fingerprint density at radius 1 is 1.14 bits per heavy atom. The number of hydrogen-bond donors (Lipinski definition) is 1. The first-order valence-corrected chi connectivity index (χ1v) is 9.69. The summed E-state index contributed by atoms with van der Waals surface area (Å²) in [5.41, 5.74) is 2.18. The van der Waals surface area contributed by atoms with E-state index in [-0.39, 0.29) is 36.9 Å². The Labute approximate surface area is 169 Å². The summed E-state index contributed by atoms with van der Waals surface area (Å²) in [7, 11) is 1.53. The van der Waals surface area contributed by atoms with Crippen molar-refractivity contribution in [3.63, 3.8) is 0 Å². The first-order chi connectivity index (χ1) is 14.1. The van der Waals surface area contributed by atoms with Gasteiger partial charge in [-0.2, -0.15) is 0 Å². The number of benzene rings is 2. The molecule has 2 fully saturated rings. The van der Waals surface area contributed by atoms with E-state index in [0.717, 1.165) is 24.0 Å². The van der Waals surface area contributed by atoms with Gasteiger partial charge in [0, 0.05) is 6.54 Å². The number of carbonyl (C=O) groups is 3. The van der Waals surface area contributed by atoms with Gasteiger partial charge in [-0.05, 0) is 36.1 Å². The summed E-state index contributed by atoms with van der Waals surface area (Å²) < 4.78 is 5.35. The van der Waals surface area contributed by atoms with Crippen LogP contribution in [0.4, 0.5) is 10.5 Å². The number of nitrogens with zero attached hydrogens (tertiary/aromatic N) is 2. The van der Waals surface area contributed by atoms with Gasteiger partial charge in [0.25, 0.3) is 5.91 Å². The van der Waals surface area contributed by atoms with Crippen LogP contribution in [0.3, 0.4) is 0 Å². The van der Waals surface area contributed by atoms with Gasteiger partial charge in [0.1, 0.15) is 11.8 Å². The number of anilines is 1. The van der Waals surface area contributed by atoms with Crippen molar-refractivity contribution in [2.24, 2.45) is 0 Å². The molecule has 4 amide bonds. The van der Waals surface area contributed by atoms with E-state index in [1.807, 2.05) is 30.3 Å². The molecule has 2 aliphatic heterocycles. The van der Waals surface area contributed by atoms with Crippen LogP contribution >= 0.6 is 0 Å². The second-order valence-corrected chi connectivity index (χ2v) is 7.30. The summed E-state index contributed by atoms with van der Waals surface area (Å²) in [5.74, 6) is 0.216. The van der Waals surface area contributed by atoms with Crippen molar-refractivity contribution >= 4 is 23.5 Å². The average molecular weight is 393 g/mol. The maximum atomic E-state index is 12.6. The largest absolute Gasteiger partial charge is 0.495 e. The molecule has 0 aliphatic carbocycles. The van der Waals surface area contributed by atoms with E-state index in [2.05, 4.69) is 5.32 Å². The van der Waals surface area contributed by atoms with Crippen molar-refractivity contribution in [1.29, 1.82) is 0 Å². The SMILES string of the molecule is COc1ccc(CN2C(=O)C3CCCN3C2=O)cc1NC(=O)Cc1ccccc1. The van der Waals surface area contributed by atoms with Crippen LogP contribution in [0.25, 0.3) is 0 Å². The number of fused-ring (bicyclic) bond motifs is 1. The molecule has 29 heavy (non-hydrogen) atoms. The third-order valence-corrected chi connectivity index (χ3v) is 5.37. The lowest BCUT2D eigenvalue weighted by atomic mass is 10.1. The standard InChI is InChI=1S/C22H23N3O4/c1-29-19-10-9-16(14-25-21(27)18-8-5-11-24(18)22(25)28)12-17(19)23-20(26)13-15-6-3-2-4-7-15/h2-4,6-7,9-10,12,18H,5,8,11,13-14H2,1H3,(H,23,26). The van der Waals surface area contributed by atoms with E-state index >= 15 is 0 Å². The lowest BCUT2D eigenvalue weighted by Crippen LogP contribution is -2.32. The lowest BCUT2D eigenvalue weighted by Gasteiger charge is -2.17. The maximum Gasteiger partial charge on any atom is 0.327 e. The molecule has 2 aromatic carbocycles. The Hall–Kier alpha value is -3.35. The summed E-state index contributed by atoms with van der Waals surface area (Å²) >= 11 is 0. The molecular formula is C22H23N3O4. The monoisotopic (exact) mass is 393 g/mol. The van der Waals surface area contributed by atoms with Gasteiger partial charge in [0.15, 0.2) is 0 Å². The highest BCUT2D eigenvalue weighted by molar-refractivity contribution is 6.04. The van der Waals surface area contributed by atoms with Gasteiger partial charge >= 0.3 is 6.03 Å². The van der Waals surface area contributed by atoms with Gasteiger partial charge in [-0.3, -0.25) is 14.5 Å². The van der Waals surface area contributed by atoms with Crippen LogP contribution in [0, 0.1) is 0 Å². The molecule has 0 radical (unpaired) electrons. The Morgan fingerprint density at radius 2 is 1.93 bits per heavy atom. The highest BCUT2D eigenvalue weighted by Crippen LogP contribution is 2.30. The number of ether oxygens (including phenoxy) is 1. The summed E-state index contributed by atoms with van der Waals surface area (Å²) in [6.45, 7) is 0.811. The van der Waals surface area contributed by atoms with E-state index in [1.54, 1.807) is 23.1 Å². The van der Waals surface area contributed by atoms with Crippen molar-refractivity contribution in [3.05, 3.63) is 59.7 Å². The quantitative estimate of drug-likeness (QED) is 0.766. The van der Waals surface area contributed by atoms with Crippen molar-refractivity contribution < 1.29 is 19.1 Å². The van der Waals surface area contributed by atoms with Crippen LogP contribution in [-0.2, 0) is 22.6 Å². The van der Waals surface area contributed by atoms with E-state index < -0.39 is 0 Å². The van der Waals surface area contributed by atoms with Crippen molar-refractivity contribution in [2.45, 2.75) is 31.8 Å². The van der Waals surface area contributed by atoms with Crippen LogP contribution in [-0.4, -0.2) is 47.3 Å². The van der Waals surface area contributed by atoms with Crippen LogP contribution in [0.5, 0.6) is 5.75 Å². The number of urea groups is 1. The van der Waals surface area contributed by atoms with E-state index in [1.165, 1.54) is 12.0 Å². The fourth-order valence-electron chi connectivity index (χ4n) is 3.94. The zero-order chi connectivity index (χ0) is 20.4. The molecule has 2 aromatic rings. The number of carbonyl (C=O) groups excluding carboxylic acids is 3. The van der Waals surface area contributed by atoms with Crippen LogP contribution in [0.1, 0.15) is 24.0 Å². The van der Waals surface area contributed by atoms with Gasteiger partial charge < -0.3 is 15.0 Å². The normalized spacial score (nSPS) is 18.2. The zero-order valence-corrected chi connectivity index (χ0v) is 16.3. The first-order valence-electron chi connectivity index (χ1n) is 9.69. The van der Waals surface area contributed by atoms with Crippen LogP contribution in [0.15, 0.2) is 48.5 Å². The van der Waals surface area contributed by atoms with E-state index in [9.17, 15) is 14.4 Å². The van der Waals surface area contributed by atoms with Crippen LogP contribution < -0.4 is 10.1 Å². The Bertz CT molecular complexity index is 922. The molecule has 2 heterocycles. The van der Waals surface area contributed by atoms with Crippen LogP contribution in [0.2, 0.25) is 0 Å². The summed E-state index contributed by atoms with van der Waals surface area (Å²) in [5, 5.41) is 2.87. The van der Waals surface area contributed by atoms with E-state index in [4.69, 9.17) is 4.74 Å². The maximum absolute atomic E-state index is 12.6. The number of hydrogen-bond acceptors (Lipinski definition) is 4. The molecule has 0 bridgehead atoms. The second kappa shape index (κ2) is 7.95. The summed E-state index contributed by atoms with van der Waals surface area (Å²) in [6, 6.07) is 14.2. The van der Waals surface area contributed by atoms with Gasteiger partial charge in [0.05, 0.1) is 25.8 Å². The molecule has 4 rings (SSSR count). The fraction of sp³-hybridized carbons (Fsp3) is 0.318. The third-order valence-electron chi connectivity index (χ3n) is 5.37. The predicted octanol–water partition coefficient (Wildman–Crippen LogP) is 2.80.